The van der Waals surface area contributed by atoms with Crippen molar-refractivity contribution in [2.24, 2.45) is 0 Å². The normalized spacial score (nSPS) is 18.8. The molecule has 1 aliphatic carbocycles. The first-order valence-corrected chi connectivity index (χ1v) is 11.4. The summed E-state index contributed by atoms with van der Waals surface area (Å²) in [6.07, 6.45) is 4.12. The predicted molar refractivity (Wildman–Crippen MR) is 111 cm³/mol. The fraction of sp³-hybridized carbons (Fsp3) is 0.579. The molecule has 1 N–H and O–H groups in total. The molecule has 2 aromatic heterocycles. The lowest BCUT2D eigenvalue weighted by Gasteiger charge is -2.21. The second kappa shape index (κ2) is 7.51. The van der Waals surface area contributed by atoms with Gasteiger partial charge in [-0.05, 0) is 39.2 Å². The molecule has 7 nitrogen and oxygen atoms in total. The molecule has 1 aliphatic heterocycles. The third kappa shape index (κ3) is 3.24. The number of urea groups is 1. The summed E-state index contributed by atoms with van der Waals surface area (Å²) in [4.78, 5) is 45.8. The van der Waals surface area contributed by atoms with Crippen molar-refractivity contribution in [2.75, 3.05) is 13.1 Å². The molecule has 9 heteroatoms. The van der Waals surface area contributed by atoms with Gasteiger partial charge in [-0.15, -0.1) is 11.3 Å². The first-order valence-electron chi connectivity index (χ1n) is 9.66. The minimum Gasteiger partial charge on any atom is -0.336 e. The number of rotatable bonds is 4. The smallest absolute Gasteiger partial charge is 0.324 e. The second-order valence-corrected chi connectivity index (χ2v) is 9.96. The number of carbonyl (C=O) groups excluding carboxylic acids is 2. The zero-order valence-electron chi connectivity index (χ0n) is 16.3. The van der Waals surface area contributed by atoms with Gasteiger partial charge in [-0.1, -0.05) is 24.6 Å². The summed E-state index contributed by atoms with van der Waals surface area (Å²) in [6, 6.07) is -0.220. The average molecular weight is 421 g/mol. The molecule has 150 valence electrons. The van der Waals surface area contributed by atoms with Crippen LogP contribution in [0.15, 0.2) is 9.95 Å². The van der Waals surface area contributed by atoms with E-state index in [-0.39, 0.29) is 23.5 Å². The van der Waals surface area contributed by atoms with Crippen molar-refractivity contribution in [3.05, 3.63) is 20.8 Å². The number of fused-ring (bicyclic) bond motifs is 1. The Hall–Kier alpha value is -1.87. The lowest BCUT2D eigenvalue weighted by atomic mass is 10.2. The van der Waals surface area contributed by atoms with Gasteiger partial charge >= 0.3 is 6.03 Å². The maximum absolute atomic E-state index is 13.4. The van der Waals surface area contributed by atoms with Crippen LogP contribution >= 0.6 is 23.1 Å². The van der Waals surface area contributed by atoms with Gasteiger partial charge in [0.2, 0.25) is 5.91 Å². The minimum absolute atomic E-state index is 0.000172. The van der Waals surface area contributed by atoms with E-state index in [0.29, 0.717) is 23.6 Å². The van der Waals surface area contributed by atoms with Gasteiger partial charge in [0.1, 0.15) is 4.83 Å². The summed E-state index contributed by atoms with van der Waals surface area (Å²) in [6.45, 7) is 6.62. The molecule has 0 unspecified atom stereocenters. The monoisotopic (exact) mass is 420 g/mol. The van der Waals surface area contributed by atoms with Crippen LogP contribution in [0.4, 0.5) is 4.79 Å². The highest BCUT2D eigenvalue weighted by atomic mass is 32.2. The Bertz CT molecular complexity index is 1010. The minimum atomic E-state index is -0.497. The van der Waals surface area contributed by atoms with Crippen LogP contribution in [-0.4, -0.2) is 44.7 Å². The van der Waals surface area contributed by atoms with E-state index in [0.717, 1.165) is 41.0 Å². The molecule has 1 atom stereocenters. The third-order valence-corrected chi connectivity index (χ3v) is 7.80. The van der Waals surface area contributed by atoms with Crippen molar-refractivity contribution in [2.45, 2.75) is 62.9 Å². The number of aryl methyl sites for hydroxylation is 2. The summed E-state index contributed by atoms with van der Waals surface area (Å²) in [5, 5.41) is 3.45. The van der Waals surface area contributed by atoms with Crippen LogP contribution in [0.3, 0.4) is 0 Å². The van der Waals surface area contributed by atoms with Crippen LogP contribution in [0.2, 0.25) is 0 Å². The number of aromatic nitrogens is 2. The highest BCUT2D eigenvalue weighted by molar-refractivity contribution is 8.00. The maximum atomic E-state index is 13.4. The Labute approximate surface area is 171 Å². The van der Waals surface area contributed by atoms with E-state index in [2.05, 4.69) is 5.32 Å². The summed E-state index contributed by atoms with van der Waals surface area (Å²) in [5.41, 5.74) is 0.999. The molecule has 28 heavy (non-hydrogen) atoms. The number of thiophene rings is 1. The zero-order valence-corrected chi connectivity index (χ0v) is 17.9. The number of hydrogen-bond donors (Lipinski definition) is 1. The molecule has 1 saturated carbocycles. The number of nitrogens with one attached hydrogen (secondary N) is 1. The van der Waals surface area contributed by atoms with E-state index in [1.807, 2.05) is 18.4 Å². The van der Waals surface area contributed by atoms with Crippen molar-refractivity contribution < 1.29 is 9.59 Å². The van der Waals surface area contributed by atoms with Gasteiger partial charge in [0.25, 0.3) is 5.56 Å². The topological polar surface area (TPSA) is 84.3 Å². The standard InChI is InChI=1S/C19H24N4O3S2/c1-10-11(2)27-15-14(10)17(25)23(13-6-4-5-7-13)19(21-15)28-12(3)16(24)22-9-8-20-18(22)26/h12-13H,4-9H2,1-3H3,(H,20,26)/t12-/m1/s1. The van der Waals surface area contributed by atoms with Crippen molar-refractivity contribution in [3.63, 3.8) is 0 Å². The quantitative estimate of drug-likeness (QED) is 0.606. The number of carbonyl (C=O) groups is 2. The number of nitrogens with zero attached hydrogens (tertiary/aromatic N) is 3. The van der Waals surface area contributed by atoms with Gasteiger partial charge in [0, 0.05) is 24.0 Å². The summed E-state index contributed by atoms with van der Waals surface area (Å²) in [5.74, 6) is -0.245. The molecular weight excluding hydrogens is 396 g/mol. The van der Waals surface area contributed by atoms with Crippen molar-refractivity contribution in [3.8, 4) is 0 Å². The molecule has 0 spiro atoms. The van der Waals surface area contributed by atoms with Gasteiger partial charge in [-0.2, -0.15) is 0 Å². The predicted octanol–water partition coefficient (Wildman–Crippen LogP) is 3.22. The third-order valence-electron chi connectivity index (χ3n) is 5.65. The van der Waals surface area contributed by atoms with Crippen LogP contribution in [0.25, 0.3) is 10.2 Å². The average Bonchev–Trinajstić information content (AvgIpc) is 3.37. The van der Waals surface area contributed by atoms with E-state index in [9.17, 15) is 14.4 Å². The summed E-state index contributed by atoms with van der Waals surface area (Å²) >= 11 is 2.81. The molecule has 2 aliphatic rings. The van der Waals surface area contributed by atoms with Gasteiger partial charge < -0.3 is 5.32 Å². The largest absolute Gasteiger partial charge is 0.336 e. The molecule has 3 heterocycles. The number of thioether (sulfide) groups is 1. The Balaban J connectivity index is 1.74. The van der Waals surface area contributed by atoms with Crippen molar-refractivity contribution in [1.82, 2.24) is 19.8 Å². The van der Waals surface area contributed by atoms with E-state index in [1.165, 1.54) is 28.0 Å². The van der Waals surface area contributed by atoms with Crippen LogP contribution in [0.1, 0.15) is 49.1 Å². The lowest BCUT2D eigenvalue weighted by Crippen LogP contribution is -2.39. The summed E-state index contributed by atoms with van der Waals surface area (Å²) < 4.78 is 1.81. The molecule has 1 saturated heterocycles. The fourth-order valence-corrected chi connectivity index (χ4v) is 6.08. The van der Waals surface area contributed by atoms with Gasteiger partial charge in [0.05, 0.1) is 10.6 Å². The second-order valence-electron chi connectivity index (χ2n) is 7.45. The number of amides is 3. The Morgan fingerprint density at radius 1 is 1.29 bits per heavy atom. The number of imide groups is 1. The first-order chi connectivity index (χ1) is 13.4. The highest BCUT2D eigenvalue weighted by Gasteiger charge is 2.32. The molecule has 0 aromatic carbocycles. The molecule has 0 bridgehead atoms. The van der Waals surface area contributed by atoms with Crippen molar-refractivity contribution in [1.29, 1.82) is 0 Å². The molecule has 0 radical (unpaired) electrons. The molecule has 4 rings (SSSR count). The van der Waals surface area contributed by atoms with Gasteiger partial charge in [-0.3, -0.25) is 19.1 Å². The number of hydrogen-bond acceptors (Lipinski definition) is 6. The van der Waals surface area contributed by atoms with E-state index in [4.69, 9.17) is 4.98 Å². The van der Waals surface area contributed by atoms with Crippen molar-refractivity contribution >= 4 is 45.3 Å². The Morgan fingerprint density at radius 2 is 2.00 bits per heavy atom. The molecule has 3 amide bonds. The van der Waals surface area contributed by atoms with E-state index >= 15 is 0 Å². The van der Waals surface area contributed by atoms with E-state index in [1.54, 1.807) is 6.92 Å². The molecule has 2 fully saturated rings. The van der Waals surface area contributed by atoms with E-state index < -0.39 is 5.25 Å². The Morgan fingerprint density at radius 3 is 2.64 bits per heavy atom. The van der Waals surface area contributed by atoms with Crippen LogP contribution in [-0.2, 0) is 4.79 Å². The Kier molecular flexibility index (Phi) is 5.22. The van der Waals surface area contributed by atoms with Crippen LogP contribution in [0, 0.1) is 13.8 Å². The summed E-state index contributed by atoms with van der Waals surface area (Å²) in [7, 11) is 0. The van der Waals surface area contributed by atoms with Gasteiger partial charge in [0.15, 0.2) is 5.16 Å². The van der Waals surface area contributed by atoms with Crippen LogP contribution in [0.5, 0.6) is 0 Å². The maximum Gasteiger partial charge on any atom is 0.324 e. The zero-order chi connectivity index (χ0) is 20.0. The first kappa shape index (κ1) is 19.4. The van der Waals surface area contributed by atoms with Crippen LogP contribution < -0.4 is 10.9 Å². The molecule has 2 aromatic rings. The highest BCUT2D eigenvalue weighted by Crippen LogP contribution is 2.35. The fourth-order valence-electron chi connectivity index (χ4n) is 3.97. The molecular formula is C19H24N4O3S2. The SMILES string of the molecule is Cc1sc2nc(S[C@H](C)C(=O)N3CCNC3=O)n(C3CCCC3)c(=O)c2c1C. The van der Waals surface area contributed by atoms with Gasteiger partial charge in [-0.25, -0.2) is 9.78 Å². The lowest BCUT2D eigenvalue weighted by molar-refractivity contribution is -0.126.